The van der Waals surface area contributed by atoms with Gasteiger partial charge in [0.2, 0.25) is 0 Å². The van der Waals surface area contributed by atoms with Crippen LogP contribution in [0.4, 0.5) is 0 Å². The number of halogens is 1. The maximum Gasteiger partial charge on any atom is 0.161 e. The Morgan fingerprint density at radius 1 is 1.13 bits per heavy atom. The van der Waals surface area contributed by atoms with Gasteiger partial charge in [-0.1, -0.05) is 29.8 Å². The van der Waals surface area contributed by atoms with Crippen LogP contribution in [-0.2, 0) is 13.2 Å². The summed E-state index contributed by atoms with van der Waals surface area (Å²) in [5, 5.41) is 11.6. The fourth-order valence-electron chi connectivity index (χ4n) is 2.23. The van der Waals surface area contributed by atoms with Gasteiger partial charge >= 0.3 is 0 Å². The Bertz CT molecular complexity index is 619. The fraction of sp³-hybridized carbons (Fsp3) is 0.333. The van der Waals surface area contributed by atoms with Gasteiger partial charge in [0.25, 0.3) is 0 Å². The SMILES string of the molecule is COc1cc(C[NH2+]CCCO)ccc1OCc1ccccc1Cl. The Kier molecular flexibility index (Phi) is 7.20. The number of benzene rings is 2. The summed E-state index contributed by atoms with van der Waals surface area (Å²) in [5.74, 6) is 1.41. The molecule has 0 saturated heterocycles. The molecule has 2 rings (SSSR count). The van der Waals surface area contributed by atoms with Gasteiger partial charge in [0, 0.05) is 29.2 Å². The molecular weight excluding hydrogens is 314 g/mol. The van der Waals surface area contributed by atoms with E-state index in [1.807, 2.05) is 42.5 Å². The van der Waals surface area contributed by atoms with Crippen LogP contribution in [0.2, 0.25) is 5.02 Å². The molecule has 0 aliphatic carbocycles. The average molecular weight is 337 g/mol. The summed E-state index contributed by atoms with van der Waals surface area (Å²) in [6.07, 6.45) is 0.802. The van der Waals surface area contributed by atoms with Crippen LogP contribution in [0.15, 0.2) is 42.5 Å². The van der Waals surface area contributed by atoms with Crippen LogP contribution in [-0.4, -0.2) is 25.4 Å². The molecule has 0 spiro atoms. The van der Waals surface area contributed by atoms with E-state index in [-0.39, 0.29) is 6.61 Å². The van der Waals surface area contributed by atoms with Gasteiger partial charge < -0.3 is 19.9 Å². The molecule has 0 fully saturated rings. The van der Waals surface area contributed by atoms with Gasteiger partial charge in [0.15, 0.2) is 11.5 Å². The van der Waals surface area contributed by atoms with Gasteiger partial charge in [-0.3, -0.25) is 0 Å². The number of ether oxygens (including phenoxy) is 2. The molecule has 2 aromatic carbocycles. The van der Waals surface area contributed by atoms with Crippen LogP contribution in [0.1, 0.15) is 17.5 Å². The molecule has 0 bridgehead atoms. The molecule has 0 unspecified atom stereocenters. The van der Waals surface area contributed by atoms with E-state index in [2.05, 4.69) is 5.32 Å². The van der Waals surface area contributed by atoms with Crippen LogP contribution in [0.5, 0.6) is 11.5 Å². The largest absolute Gasteiger partial charge is 0.493 e. The summed E-state index contributed by atoms with van der Waals surface area (Å²) >= 11 is 6.14. The minimum Gasteiger partial charge on any atom is -0.493 e. The van der Waals surface area contributed by atoms with E-state index in [0.29, 0.717) is 23.1 Å². The van der Waals surface area contributed by atoms with Crippen molar-refractivity contribution in [1.29, 1.82) is 0 Å². The zero-order chi connectivity index (χ0) is 16.5. The van der Waals surface area contributed by atoms with E-state index < -0.39 is 0 Å². The van der Waals surface area contributed by atoms with Crippen molar-refractivity contribution in [3.63, 3.8) is 0 Å². The van der Waals surface area contributed by atoms with E-state index in [4.69, 9.17) is 26.2 Å². The lowest BCUT2D eigenvalue weighted by Gasteiger charge is -2.12. The van der Waals surface area contributed by atoms with Crippen LogP contribution in [0.3, 0.4) is 0 Å². The molecule has 0 aromatic heterocycles. The molecule has 0 heterocycles. The molecule has 5 heteroatoms. The summed E-state index contributed by atoms with van der Waals surface area (Å²) in [6.45, 7) is 2.39. The number of quaternary nitrogens is 1. The number of aliphatic hydroxyl groups excluding tert-OH is 1. The summed E-state index contributed by atoms with van der Waals surface area (Å²) < 4.78 is 11.3. The predicted octanol–water partition coefficient (Wildman–Crippen LogP) is 2.37. The van der Waals surface area contributed by atoms with Crippen LogP contribution < -0.4 is 14.8 Å². The van der Waals surface area contributed by atoms with E-state index in [1.54, 1.807) is 7.11 Å². The van der Waals surface area contributed by atoms with Crippen molar-refractivity contribution in [2.45, 2.75) is 19.6 Å². The minimum atomic E-state index is 0.231. The normalized spacial score (nSPS) is 10.6. The van der Waals surface area contributed by atoms with E-state index in [0.717, 1.165) is 30.6 Å². The third kappa shape index (κ3) is 5.43. The average Bonchev–Trinajstić information content (AvgIpc) is 2.58. The summed E-state index contributed by atoms with van der Waals surface area (Å²) in [4.78, 5) is 0. The zero-order valence-corrected chi connectivity index (χ0v) is 14.1. The molecular formula is C18H23ClNO3+. The number of methoxy groups -OCH3 is 1. The van der Waals surface area contributed by atoms with Crippen molar-refractivity contribution in [2.24, 2.45) is 0 Å². The first-order valence-electron chi connectivity index (χ1n) is 7.70. The lowest BCUT2D eigenvalue weighted by atomic mass is 10.2. The Labute approximate surface area is 142 Å². The third-order valence-electron chi connectivity index (χ3n) is 3.52. The first kappa shape index (κ1) is 17.6. The van der Waals surface area contributed by atoms with Gasteiger partial charge in [-0.2, -0.15) is 0 Å². The van der Waals surface area contributed by atoms with Crippen LogP contribution in [0.25, 0.3) is 0 Å². The Balaban J connectivity index is 1.97. The highest BCUT2D eigenvalue weighted by Crippen LogP contribution is 2.29. The molecule has 0 atom stereocenters. The predicted molar refractivity (Wildman–Crippen MR) is 91.0 cm³/mol. The Morgan fingerprint density at radius 3 is 2.70 bits per heavy atom. The van der Waals surface area contributed by atoms with E-state index >= 15 is 0 Å². The summed E-state index contributed by atoms with van der Waals surface area (Å²) in [5.41, 5.74) is 2.10. The highest BCUT2D eigenvalue weighted by molar-refractivity contribution is 6.31. The number of hydrogen-bond donors (Lipinski definition) is 2. The molecule has 2 aromatic rings. The van der Waals surface area contributed by atoms with Crippen molar-refractivity contribution in [3.05, 3.63) is 58.6 Å². The number of hydrogen-bond acceptors (Lipinski definition) is 3. The van der Waals surface area contributed by atoms with Crippen molar-refractivity contribution < 1.29 is 19.9 Å². The smallest absolute Gasteiger partial charge is 0.161 e. The molecule has 124 valence electrons. The number of nitrogens with two attached hydrogens (primary N) is 1. The topological polar surface area (TPSA) is 55.3 Å². The van der Waals surface area contributed by atoms with E-state index in [9.17, 15) is 0 Å². The Morgan fingerprint density at radius 2 is 1.96 bits per heavy atom. The number of aliphatic hydroxyl groups is 1. The quantitative estimate of drug-likeness (QED) is 0.691. The van der Waals surface area contributed by atoms with Gasteiger partial charge in [-0.05, 0) is 24.3 Å². The zero-order valence-electron chi connectivity index (χ0n) is 13.3. The highest BCUT2D eigenvalue weighted by Gasteiger charge is 2.08. The summed E-state index contributed by atoms with van der Waals surface area (Å²) in [7, 11) is 1.64. The maximum absolute atomic E-state index is 8.79. The molecule has 23 heavy (non-hydrogen) atoms. The molecule has 0 aliphatic rings. The van der Waals surface area contributed by atoms with Crippen molar-refractivity contribution >= 4 is 11.6 Å². The second-order valence-electron chi connectivity index (χ2n) is 5.22. The minimum absolute atomic E-state index is 0.231. The number of rotatable bonds is 9. The molecule has 0 aliphatic heterocycles. The maximum atomic E-state index is 8.79. The highest BCUT2D eigenvalue weighted by atomic mass is 35.5. The second kappa shape index (κ2) is 9.40. The monoisotopic (exact) mass is 336 g/mol. The molecule has 0 amide bonds. The second-order valence-corrected chi connectivity index (χ2v) is 5.63. The van der Waals surface area contributed by atoms with Crippen LogP contribution >= 0.6 is 11.6 Å². The standard InChI is InChI=1S/C18H22ClNO3/c1-22-18-11-14(12-20-9-4-10-21)7-8-17(18)23-13-15-5-2-3-6-16(15)19/h2-3,5-8,11,20-21H,4,9-10,12-13H2,1H3/p+1. The van der Waals surface area contributed by atoms with Crippen LogP contribution in [0, 0.1) is 0 Å². The van der Waals surface area contributed by atoms with Gasteiger partial charge in [-0.25, -0.2) is 0 Å². The lowest BCUT2D eigenvalue weighted by Crippen LogP contribution is -2.82. The molecule has 0 radical (unpaired) electrons. The lowest BCUT2D eigenvalue weighted by molar-refractivity contribution is -0.671. The van der Waals surface area contributed by atoms with Gasteiger partial charge in [0.1, 0.15) is 13.2 Å². The van der Waals surface area contributed by atoms with Gasteiger partial charge in [-0.15, -0.1) is 0 Å². The van der Waals surface area contributed by atoms with Crippen molar-refractivity contribution in [1.82, 2.24) is 0 Å². The summed E-state index contributed by atoms with van der Waals surface area (Å²) in [6, 6.07) is 13.6. The van der Waals surface area contributed by atoms with E-state index in [1.165, 1.54) is 0 Å². The van der Waals surface area contributed by atoms with Crippen molar-refractivity contribution in [3.8, 4) is 11.5 Å². The molecule has 0 saturated carbocycles. The Hall–Kier alpha value is -1.75. The first-order valence-corrected chi connectivity index (χ1v) is 8.08. The first-order chi connectivity index (χ1) is 11.2. The molecule has 4 nitrogen and oxygen atoms in total. The fourth-order valence-corrected chi connectivity index (χ4v) is 2.42. The van der Waals surface area contributed by atoms with Crippen molar-refractivity contribution in [2.75, 3.05) is 20.3 Å². The van der Waals surface area contributed by atoms with Gasteiger partial charge in [0.05, 0.1) is 13.7 Å². The third-order valence-corrected chi connectivity index (χ3v) is 3.88. The molecule has 3 N–H and O–H groups in total.